The number of H-pyrrole nitrogens is 1. The molecule has 3 aromatic heterocycles. The molecule has 2 amide bonds. The summed E-state index contributed by atoms with van der Waals surface area (Å²) in [7, 11) is 4.47. The number of hydrogen-bond acceptors (Lipinski definition) is 8. The summed E-state index contributed by atoms with van der Waals surface area (Å²) in [4.78, 5) is 35.5. The first-order valence-corrected chi connectivity index (χ1v) is 8.17. The van der Waals surface area contributed by atoms with Gasteiger partial charge in [0.2, 0.25) is 5.69 Å². The van der Waals surface area contributed by atoms with Crippen LogP contribution < -0.4 is 15.4 Å². The van der Waals surface area contributed by atoms with Gasteiger partial charge in [-0.25, -0.2) is 0 Å². The Hall–Kier alpha value is -4.23. The second-order valence-electron chi connectivity index (χ2n) is 5.90. The van der Waals surface area contributed by atoms with E-state index in [1.54, 1.807) is 24.1 Å². The lowest BCUT2D eigenvalue weighted by Gasteiger charge is -2.08. The Kier molecular flexibility index (Phi) is 5.25. The van der Waals surface area contributed by atoms with Gasteiger partial charge in [-0.15, -0.1) is 5.10 Å². The van der Waals surface area contributed by atoms with Crippen LogP contribution in [0.5, 0.6) is 5.88 Å². The third-order valence-electron chi connectivity index (χ3n) is 3.93. The Bertz CT molecular complexity index is 1080. The van der Waals surface area contributed by atoms with Gasteiger partial charge in [0, 0.05) is 32.4 Å². The number of carbonyl (C=O) groups excluding carboxylic acids is 2. The standard InChI is InChI=1S/C15H17N9O5/c1-22-7-8(5-17-22)4-16-14(26)11-9(6-18-23(11)2)19-13(25)10-12(24(27)28)15(29-3)21-20-10/h5-7H,4H2,1-3H3,(H,16,26)(H,19,25)(H,20,21). The molecular weight excluding hydrogens is 386 g/mol. The molecule has 3 aromatic rings. The van der Waals surface area contributed by atoms with Gasteiger partial charge in [0.1, 0.15) is 5.69 Å². The summed E-state index contributed by atoms with van der Waals surface area (Å²) in [5.74, 6) is -1.71. The SMILES string of the molecule is COc1n[nH]c(C(=O)Nc2cnn(C)c2C(=O)NCc2cnn(C)c2)c1[N+](=O)[O-]. The van der Waals surface area contributed by atoms with Crippen molar-refractivity contribution in [3.8, 4) is 5.88 Å². The average molecular weight is 403 g/mol. The van der Waals surface area contributed by atoms with Crippen LogP contribution in [0.3, 0.4) is 0 Å². The Morgan fingerprint density at radius 3 is 2.66 bits per heavy atom. The average Bonchev–Trinajstić information content (AvgIpc) is 3.38. The molecule has 14 nitrogen and oxygen atoms in total. The topological polar surface area (TPSA) is 175 Å². The van der Waals surface area contributed by atoms with E-state index in [2.05, 4.69) is 31.0 Å². The Balaban J connectivity index is 1.79. The van der Waals surface area contributed by atoms with Crippen molar-refractivity contribution in [3.05, 3.63) is 45.7 Å². The molecule has 0 atom stereocenters. The van der Waals surface area contributed by atoms with Crippen molar-refractivity contribution in [3.63, 3.8) is 0 Å². The molecule has 0 fully saturated rings. The molecule has 0 aliphatic rings. The zero-order valence-corrected chi connectivity index (χ0v) is 15.7. The van der Waals surface area contributed by atoms with Crippen molar-refractivity contribution in [1.29, 1.82) is 0 Å². The van der Waals surface area contributed by atoms with Crippen LogP contribution in [0, 0.1) is 10.1 Å². The normalized spacial score (nSPS) is 10.6. The number of hydrogen-bond donors (Lipinski definition) is 3. The second kappa shape index (κ2) is 7.79. The molecule has 3 N–H and O–H groups in total. The number of nitro groups is 1. The largest absolute Gasteiger partial charge is 0.475 e. The lowest BCUT2D eigenvalue weighted by Crippen LogP contribution is -2.26. The minimum absolute atomic E-state index is 0.0661. The van der Waals surface area contributed by atoms with E-state index >= 15 is 0 Å². The monoisotopic (exact) mass is 403 g/mol. The van der Waals surface area contributed by atoms with E-state index in [9.17, 15) is 19.7 Å². The molecule has 29 heavy (non-hydrogen) atoms. The van der Waals surface area contributed by atoms with E-state index in [1.807, 2.05) is 0 Å². The van der Waals surface area contributed by atoms with Crippen LogP contribution in [0.15, 0.2) is 18.6 Å². The third-order valence-corrected chi connectivity index (χ3v) is 3.93. The van der Waals surface area contributed by atoms with Gasteiger partial charge in [-0.3, -0.25) is 34.2 Å². The molecular formula is C15H17N9O5. The van der Waals surface area contributed by atoms with Gasteiger partial charge < -0.3 is 15.4 Å². The first-order chi connectivity index (χ1) is 13.8. The summed E-state index contributed by atoms with van der Waals surface area (Å²) < 4.78 is 7.65. The van der Waals surface area contributed by atoms with Crippen molar-refractivity contribution in [2.24, 2.45) is 14.1 Å². The van der Waals surface area contributed by atoms with Crippen LogP contribution in [0.4, 0.5) is 11.4 Å². The van der Waals surface area contributed by atoms with E-state index in [4.69, 9.17) is 4.74 Å². The molecule has 0 unspecified atom stereocenters. The number of rotatable bonds is 7. The summed E-state index contributed by atoms with van der Waals surface area (Å²) in [6, 6.07) is 0. The molecule has 0 aromatic carbocycles. The molecule has 0 aliphatic heterocycles. The highest BCUT2D eigenvalue weighted by atomic mass is 16.6. The number of methoxy groups -OCH3 is 1. The molecule has 0 bridgehead atoms. The predicted octanol–water partition coefficient (Wildman–Crippen LogP) is -0.0242. The number of carbonyl (C=O) groups is 2. The number of aryl methyl sites for hydroxylation is 2. The van der Waals surface area contributed by atoms with E-state index in [1.165, 1.54) is 25.0 Å². The molecule has 152 valence electrons. The molecule has 0 saturated carbocycles. The van der Waals surface area contributed by atoms with Gasteiger partial charge in [0.15, 0.2) is 0 Å². The fourth-order valence-electron chi connectivity index (χ4n) is 2.60. The molecule has 3 rings (SSSR count). The molecule has 0 aliphatic carbocycles. The smallest absolute Gasteiger partial charge is 0.362 e. The number of amides is 2. The van der Waals surface area contributed by atoms with E-state index < -0.39 is 28.1 Å². The number of aromatic nitrogens is 6. The number of nitrogens with zero attached hydrogens (tertiary/aromatic N) is 6. The minimum atomic E-state index is -0.873. The number of ether oxygens (including phenoxy) is 1. The van der Waals surface area contributed by atoms with Crippen molar-refractivity contribution < 1.29 is 19.2 Å². The molecule has 0 radical (unpaired) electrons. The van der Waals surface area contributed by atoms with Crippen LogP contribution in [-0.4, -0.2) is 53.6 Å². The Labute approximate surface area is 163 Å². The van der Waals surface area contributed by atoms with Gasteiger partial charge in [0.05, 0.1) is 30.1 Å². The number of aromatic amines is 1. The summed E-state index contributed by atoms with van der Waals surface area (Å²) in [6.45, 7) is 0.217. The summed E-state index contributed by atoms with van der Waals surface area (Å²) in [5.41, 5.74) is -0.108. The Morgan fingerprint density at radius 2 is 2.03 bits per heavy atom. The zero-order valence-electron chi connectivity index (χ0n) is 15.7. The lowest BCUT2D eigenvalue weighted by atomic mass is 10.3. The van der Waals surface area contributed by atoms with Crippen LogP contribution in [0.25, 0.3) is 0 Å². The van der Waals surface area contributed by atoms with Crippen LogP contribution in [0.1, 0.15) is 26.5 Å². The van der Waals surface area contributed by atoms with Gasteiger partial charge in [-0.05, 0) is 0 Å². The zero-order chi connectivity index (χ0) is 21.1. The highest BCUT2D eigenvalue weighted by molar-refractivity contribution is 6.09. The maximum Gasteiger partial charge on any atom is 0.362 e. The summed E-state index contributed by atoms with van der Waals surface area (Å²) >= 11 is 0. The van der Waals surface area contributed by atoms with Crippen molar-refractivity contribution >= 4 is 23.2 Å². The van der Waals surface area contributed by atoms with Gasteiger partial charge >= 0.3 is 11.6 Å². The second-order valence-corrected chi connectivity index (χ2v) is 5.90. The number of nitrogens with one attached hydrogen (secondary N) is 3. The maximum atomic E-state index is 12.6. The van der Waals surface area contributed by atoms with Crippen LogP contribution in [0.2, 0.25) is 0 Å². The third kappa shape index (κ3) is 3.90. The number of anilines is 1. The highest BCUT2D eigenvalue weighted by Gasteiger charge is 2.31. The van der Waals surface area contributed by atoms with Gasteiger partial charge in [0.25, 0.3) is 11.8 Å². The Morgan fingerprint density at radius 1 is 1.28 bits per heavy atom. The van der Waals surface area contributed by atoms with Crippen LogP contribution in [-0.2, 0) is 20.6 Å². The quantitative estimate of drug-likeness (QED) is 0.364. The van der Waals surface area contributed by atoms with Gasteiger partial charge in [-0.1, -0.05) is 0 Å². The van der Waals surface area contributed by atoms with E-state index in [0.29, 0.717) is 0 Å². The van der Waals surface area contributed by atoms with Crippen LogP contribution >= 0.6 is 0 Å². The van der Waals surface area contributed by atoms with Crippen molar-refractivity contribution in [2.75, 3.05) is 12.4 Å². The van der Waals surface area contributed by atoms with E-state index in [0.717, 1.165) is 5.56 Å². The molecule has 3 heterocycles. The summed E-state index contributed by atoms with van der Waals surface area (Å²) in [5, 5.41) is 30.2. The predicted molar refractivity (Wildman–Crippen MR) is 97.3 cm³/mol. The van der Waals surface area contributed by atoms with Gasteiger partial charge in [-0.2, -0.15) is 10.2 Å². The molecule has 0 spiro atoms. The van der Waals surface area contributed by atoms with E-state index in [-0.39, 0.29) is 23.8 Å². The fourth-order valence-corrected chi connectivity index (χ4v) is 2.60. The van der Waals surface area contributed by atoms with Crippen molar-refractivity contribution in [2.45, 2.75) is 6.54 Å². The lowest BCUT2D eigenvalue weighted by molar-refractivity contribution is -0.386. The molecule has 0 saturated heterocycles. The highest BCUT2D eigenvalue weighted by Crippen LogP contribution is 2.28. The maximum absolute atomic E-state index is 12.6. The molecule has 14 heteroatoms. The minimum Gasteiger partial charge on any atom is -0.475 e. The summed E-state index contributed by atoms with van der Waals surface area (Å²) in [6.07, 6.45) is 4.62. The fraction of sp³-hybridized carbons (Fsp3) is 0.267. The first kappa shape index (κ1) is 19.5. The van der Waals surface area contributed by atoms with Crippen molar-refractivity contribution in [1.82, 2.24) is 35.1 Å². The first-order valence-electron chi connectivity index (χ1n) is 8.17.